The molecule has 3 rings (SSSR count). The minimum absolute atomic E-state index is 0.0725. The molecule has 1 unspecified atom stereocenters. The lowest BCUT2D eigenvalue weighted by atomic mass is 9.95. The third-order valence-corrected chi connectivity index (χ3v) is 9.19. The van der Waals surface area contributed by atoms with Crippen LogP contribution in [0.5, 0.6) is 0 Å². The number of sulfonamides is 1. The van der Waals surface area contributed by atoms with E-state index in [1.165, 1.54) is 15.6 Å². The molecule has 0 saturated heterocycles. The number of carbonyl (C=O) groups is 2. The van der Waals surface area contributed by atoms with Crippen LogP contribution in [0, 0.1) is 13.8 Å². The summed E-state index contributed by atoms with van der Waals surface area (Å²) in [6.45, 7) is 5.90. The van der Waals surface area contributed by atoms with E-state index in [-0.39, 0.29) is 37.4 Å². The van der Waals surface area contributed by atoms with Gasteiger partial charge in [-0.3, -0.25) is 13.9 Å². The molecule has 1 atom stereocenters. The van der Waals surface area contributed by atoms with Gasteiger partial charge in [-0.2, -0.15) is 0 Å². The van der Waals surface area contributed by atoms with E-state index in [0.29, 0.717) is 27.7 Å². The minimum atomic E-state index is -3.56. The summed E-state index contributed by atoms with van der Waals surface area (Å²) in [6.07, 6.45) is 6.75. The molecule has 2 aromatic rings. The Bertz CT molecular complexity index is 1280. The number of amides is 2. The molecule has 2 aromatic carbocycles. The first-order chi connectivity index (χ1) is 18.4. The van der Waals surface area contributed by atoms with Crippen molar-refractivity contribution in [2.75, 3.05) is 17.1 Å². The number of benzene rings is 2. The fourth-order valence-electron chi connectivity index (χ4n) is 4.87. The molecule has 0 spiro atoms. The van der Waals surface area contributed by atoms with Gasteiger partial charge in [0.1, 0.15) is 6.04 Å². The molecule has 7 nitrogen and oxygen atoms in total. The number of carbonyl (C=O) groups excluding carboxylic acids is 2. The van der Waals surface area contributed by atoms with Gasteiger partial charge >= 0.3 is 0 Å². The summed E-state index contributed by atoms with van der Waals surface area (Å²) in [5.41, 5.74) is 3.30. The maximum Gasteiger partial charge on any atom is 0.242 e. The second-order valence-corrected chi connectivity index (χ2v) is 13.2. The number of hydrogen-bond acceptors (Lipinski definition) is 4. The predicted octanol–water partition coefficient (Wildman–Crippen LogP) is 6.02. The molecule has 214 valence electrons. The van der Waals surface area contributed by atoms with Crippen molar-refractivity contribution in [2.45, 2.75) is 84.3 Å². The van der Waals surface area contributed by atoms with Crippen LogP contribution in [0.15, 0.2) is 36.4 Å². The maximum absolute atomic E-state index is 13.5. The van der Waals surface area contributed by atoms with E-state index in [0.717, 1.165) is 43.1 Å². The molecular formula is C29H39Cl2N3O4S. The van der Waals surface area contributed by atoms with E-state index < -0.39 is 16.1 Å². The lowest BCUT2D eigenvalue weighted by molar-refractivity contribution is -0.141. The smallest absolute Gasteiger partial charge is 0.242 e. The summed E-state index contributed by atoms with van der Waals surface area (Å²) in [7, 11) is -3.56. The van der Waals surface area contributed by atoms with Gasteiger partial charge in [-0.1, -0.05) is 54.6 Å². The highest BCUT2D eigenvalue weighted by atomic mass is 35.5. The lowest BCUT2D eigenvalue weighted by Gasteiger charge is -2.32. The van der Waals surface area contributed by atoms with Gasteiger partial charge in [-0.05, 0) is 81.0 Å². The van der Waals surface area contributed by atoms with Crippen molar-refractivity contribution in [1.82, 2.24) is 10.2 Å². The van der Waals surface area contributed by atoms with Crippen molar-refractivity contribution in [2.24, 2.45) is 0 Å². The molecule has 10 heteroatoms. The topological polar surface area (TPSA) is 86.8 Å². The van der Waals surface area contributed by atoms with Crippen LogP contribution in [-0.2, 0) is 26.2 Å². The maximum atomic E-state index is 13.5. The van der Waals surface area contributed by atoms with Gasteiger partial charge in [0.25, 0.3) is 0 Å². The molecule has 0 radical (unpaired) electrons. The molecular weight excluding hydrogens is 557 g/mol. The van der Waals surface area contributed by atoms with E-state index in [4.69, 9.17) is 23.2 Å². The number of halogens is 2. The Morgan fingerprint density at radius 3 is 2.33 bits per heavy atom. The van der Waals surface area contributed by atoms with Crippen LogP contribution in [0.2, 0.25) is 10.0 Å². The predicted molar refractivity (Wildman–Crippen MR) is 159 cm³/mol. The Hall–Kier alpha value is -2.29. The highest BCUT2D eigenvalue weighted by Crippen LogP contribution is 2.25. The summed E-state index contributed by atoms with van der Waals surface area (Å²) in [5.74, 6) is -0.450. The second-order valence-electron chi connectivity index (χ2n) is 10.5. The van der Waals surface area contributed by atoms with Crippen molar-refractivity contribution in [3.05, 3.63) is 63.1 Å². The largest absolute Gasteiger partial charge is 0.352 e. The molecule has 1 N–H and O–H groups in total. The molecule has 0 aliphatic heterocycles. The van der Waals surface area contributed by atoms with Crippen molar-refractivity contribution < 1.29 is 18.0 Å². The minimum Gasteiger partial charge on any atom is -0.352 e. The Labute approximate surface area is 242 Å². The molecule has 1 fully saturated rings. The normalized spacial score (nSPS) is 15.0. The molecule has 0 aromatic heterocycles. The van der Waals surface area contributed by atoms with Crippen LogP contribution in [0.1, 0.15) is 68.6 Å². The SMILES string of the molecule is Cc1ccc(N(CCCC(=O)N(Cc2ccc(Cl)cc2Cl)C(C)C(=O)NC2CCCCC2)S(C)(=O)=O)cc1C. The molecule has 0 bridgehead atoms. The second kappa shape index (κ2) is 13.9. The highest BCUT2D eigenvalue weighted by Gasteiger charge is 2.29. The number of rotatable bonds is 11. The summed E-state index contributed by atoms with van der Waals surface area (Å²) in [4.78, 5) is 28.3. The van der Waals surface area contributed by atoms with Crippen LogP contribution in [0.4, 0.5) is 5.69 Å². The van der Waals surface area contributed by atoms with Gasteiger partial charge in [0, 0.05) is 35.6 Å². The fourth-order valence-corrected chi connectivity index (χ4v) is 6.29. The third-order valence-electron chi connectivity index (χ3n) is 7.41. The van der Waals surface area contributed by atoms with Gasteiger partial charge in [0.2, 0.25) is 21.8 Å². The van der Waals surface area contributed by atoms with Crippen LogP contribution >= 0.6 is 23.2 Å². The molecule has 2 amide bonds. The van der Waals surface area contributed by atoms with Gasteiger partial charge in [0.15, 0.2) is 0 Å². The number of nitrogens with zero attached hydrogens (tertiary/aromatic N) is 2. The van der Waals surface area contributed by atoms with Gasteiger partial charge < -0.3 is 10.2 Å². The Kier molecular flexibility index (Phi) is 11.1. The van der Waals surface area contributed by atoms with E-state index in [1.54, 1.807) is 31.2 Å². The van der Waals surface area contributed by atoms with Gasteiger partial charge in [-0.15, -0.1) is 0 Å². The summed E-state index contributed by atoms with van der Waals surface area (Å²) >= 11 is 12.5. The third kappa shape index (κ3) is 8.85. The van der Waals surface area contributed by atoms with Crippen LogP contribution < -0.4 is 9.62 Å². The number of hydrogen-bond donors (Lipinski definition) is 1. The van der Waals surface area contributed by atoms with Gasteiger partial charge in [-0.25, -0.2) is 8.42 Å². The summed E-state index contributed by atoms with van der Waals surface area (Å²) in [5, 5.41) is 4.01. The summed E-state index contributed by atoms with van der Waals surface area (Å²) in [6, 6.07) is 9.96. The van der Waals surface area contributed by atoms with Crippen molar-refractivity contribution in [3.8, 4) is 0 Å². The zero-order chi connectivity index (χ0) is 28.7. The Morgan fingerprint density at radius 2 is 1.72 bits per heavy atom. The average Bonchev–Trinajstić information content (AvgIpc) is 2.87. The zero-order valence-electron chi connectivity index (χ0n) is 23.2. The number of aryl methyl sites for hydroxylation is 2. The molecule has 0 heterocycles. The number of anilines is 1. The van der Waals surface area contributed by atoms with E-state index in [2.05, 4.69) is 5.32 Å². The highest BCUT2D eigenvalue weighted by molar-refractivity contribution is 7.92. The van der Waals surface area contributed by atoms with E-state index in [1.807, 2.05) is 26.0 Å². The standard InChI is InChI=1S/C29H39Cl2N3O4S/c1-20-12-15-26(17-21(20)2)34(39(4,37)38)16-8-11-28(35)33(19-23-13-14-24(30)18-27(23)31)22(3)29(36)32-25-9-6-5-7-10-25/h12-15,17-18,22,25H,5-11,16,19H2,1-4H3,(H,32,36). The first kappa shape index (κ1) is 31.2. The lowest BCUT2D eigenvalue weighted by Crippen LogP contribution is -2.50. The van der Waals surface area contributed by atoms with Crippen LogP contribution in [-0.4, -0.2) is 50.0 Å². The Balaban J connectivity index is 1.75. The molecule has 1 saturated carbocycles. The summed E-state index contributed by atoms with van der Waals surface area (Å²) < 4.78 is 26.5. The zero-order valence-corrected chi connectivity index (χ0v) is 25.5. The fraction of sp³-hybridized carbons (Fsp3) is 0.517. The van der Waals surface area contributed by atoms with Gasteiger partial charge in [0.05, 0.1) is 11.9 Å². The molecule has 39 heavy (non-hydrogen) atoms. The average molecular weight is 597 g/mol. The first-order valence-electron chi connectivity index (χ1n) is 13.5. The Morgan fingerprint density at radius 1 is 1.03 bits per heavy atom. The van der Waals surface area contributed by atoms with Crippen LogP contribution in [0.25, 0.3) is 0 Å². The number of nitrogens with one attached hydrogen (secondary N) is 1. The van der Waals surface area contributed by atoms with Crippen molar-refractivity contribution >= 4 is 50.7 Å². The monoisotopic (exact) mass is 595 g/mol. The quantitative estimate of drug-likeness (QED) is 0.344. The van der Waals surface area contributed by atoms with Crippen LogP contribution in [0.3, 0.4) is 0 Å². The first-order valence-corrected chi connectivity index (χ1v) is 16.1. The van der Waals surface area contributed by atoms with E-state index >= 15 is 0 Å². The van der Waals surface area contributed by atoms with E-state index in [9.17, 15) is 18.0 Å². The van der Waals surface area contributed by atoms with Crippen molar-refractivity contribution in [3.63, 3.8) is 0 Å². The molecule has 1 aliphatic carbocycles. The molecule has 1 aliphatic rings. The van der Waals surface area contributed by atoms with Crippen molar-refractivity contribution in [1.29, 1.82) is 0 Å².